The molecule has 0 aliphatic heterocycles. The minimum Gasteiger partial charge on any atom is -0.398 e. The minimum atomic E-state index is 0.636. The molecule has 2 aliphatic carbocycles. The summed E-state index contributed by atoms with van der Waals surface area (Å²) in [6.45, 7) is 6.74. The van der Waals surface area contributed by atoms with E-state index in [-0.39, 0.29) is 0 Å². The summed E-state index contributed by atoms with van der Waals surface area (Å²) in [5.41, 5.74) is 20.9. The van der Waals surface area contributed by atoms with E-state index in [2.05, 4.69) is 20.8 Å². The summed E-state index contributed by atoms with van der Waals surface area (Å²) < 4.78 is 0. The monoisotopic (exact) mass is 314 g/mol. The van der Waals surface area contributed by atoms with E-state index in [1.165, 1.54) is 62.5 Å². The van der Waals surface area contributed by atoms with Crippen LogP contribution in [-0.2, 0) is 6.42 Å². The van der Waals surface area contributed by atoms with E-state index in [4.69, 9.17) is 11.5 Å². The third kappa shape index (κ3) is 3.09. The first-order chi connectivity index (χ1) is 11.0. The number of hydrogen-bond acceptors (Lipinski definition) is 2. The summed E-state index contributed by atoms with van der Waals surface area (Å²) in [5, 5.41) is 0. The van der Waals surface area contributed by atoms with Gasteiger partial charge in [-0.1, -0.05) is 39.5 Å². The van der Waals surface area contributed by atoms with Crippen LogP contribution in [0.2, 0.25) is 0 Å². The van der Waals surface area contributed by atoms with Crippen molar-refractivity contribution in [2.24, 2.45) is 5.92 Å². The molecule has 2 fully saturated rings. The first-order valence-electron chi connectivity index (χ1n) is 9.70. The normalized spacial score (nSPS) is 20.0. The molecule has 0 bridgehead atoms. The van der Waals surface area contributed by atoms with E-state index in [1.54, 1.807) is 5.56 Å². The summed E-state index contributed by atoms with van der Waals surface area (Å²) in [4.78, 5) is 0. The fourth-order valence-electron chi connectivity index (χ4n) is 4.99. The fraction of sp³-hybridized carbons (Fsp3) is 0.714. The number of hydrogen-bond donors (Lipinski definition) is 2. The first-order valence-corrected chi connectivity index (χ1v) is 9.70. The molecule has 0 unspecified atom stereocenters. The summed E-state index contributed by atoms with van der Waals surface area (Å²) >= 11 is 0. The topological polar surface area (TPSA) is 52.0 Å². The first kappa shape index (κ1) is 16.7. The zero-order valence-corrected chi connectivity index (χ0v) is 15.3. The molecule has 2 aliphatic rings. The average Bonchev–Trinajstić information content (AvgIpc) is 3.19. The molecule has 0 heterocycles. The van der Waals surface area contributed by atoms with Gasteiger partial charge in [-0.05, 0) is 79.0 Å². The Balaban J connectivity index is 2.20. The van der Waals surface area contributed by atoms with Crippen LogP contribution >= 0.6 is 0 Å². The molecule has 23 heavy (non-hydrogen) atoms. The van der Waals surface area contributed by atoms with Gasteiger partial charge in [0.25, 0.3) is 0 Å². The third-order valence-corrected chi connectivity index (χ3v) is 6.18. The van der Waals surface area contributed by atoms with Gasteiger partial charge in [0.1, 0.15) is 0 Å². The maximum Gasteiger partial charge on any atom is 0.0402 e. The van der Waals surface area contributed by atoms with E-state index < -0.39 is 0 Å². The molecule has 0 radical (unpaired) electrons. The SMILES string of the molecule is Cc1c(N)c(CC(C)C)c(C2CCCC2)c(C2CCCC2)c1N. The second kappa shape index (κ2) is 6.75. The Morgan fingerprint density at radius 1 is 0.826 bits per heavy atom. The molecule has 128 valence electrons. The van der Waals surface area contributed by atoms with Gasteiger partial charge >= 0.3 is 0 Å². The van der Waals surface area contributed by atoms with Crippen molar-refractivity contribution in [3.63, 3.8) is 0 Å². The summed E-state index contributed by atoms with van der Waals surface area (Å²) in [6.07, 6.45) is 11.8. The van der Waals surface area contributed by atoms with E-state index in [1.807, 2.05) is 0 Å². The summed E-state index contributed by atoms with van der Waals surface area (Å²) in [5.74, 6) is 2.01. The molecule has 1 aromatic carbocycles. The van der Waals surface area contributed by atoms with Gasteiger partial charge in [0, 0.05) is 11.4 Å². The van der Waals surface area contributed by atoms with Gasteiger partial charge in [-0.15, -0.1) is 0 Å². The van der Waals surface area contributed by atoms with E-state index >= 15 is 0 Å². The van der Waals surface area contributed by atoms with Gasteiger partial charge in [0.05, 0.1) is 0 Å². The Labute approximate surface area is 142 Å². The second-order valence-electron chi connectivity index (χ2n) is 8.32. The van der Waals surface area contributed by atoms with Gasteiger partial charge in [-0.3, -0.25) is 0 Å². The molecule has 0 amide bonds. The standard InChI is InChI=1S/C21H34N2/c1-13(2)12-17-18(15-8-4-5-9-15)19(16-10-6-7-11-16)21(23)14(3)20(17)22/h13,15-16H,4-12,22-23H2,1-3H3. The van der Waals surface area contributed by atoms with Crippen LogP contribution in [0.4, 0.5) is 11.4 Å². The van der Waals surface area contributed by atoms with Crippen LogP contribution in [0.5, 0.6) is 0 Å². The fourth-order valence-corrected chi connectivity index (χ4v) is 4.99. The molecule has 0 saturated heterocycles. The summed E-state index contributed by atoms with van der Waals surface area (Å²) in [7, 11) is 0. The number of nitrogen functional groups attached to an aromatic ring is 2. The van der Waals surface area contributed by atoms with Gasteiger partial charge < -0.3 is 11.5 Å². The Morgan fingerprint density at radius 2 is 1.30 bits per heavy atom. The molecule has 4 N–H and O–H groups in total. The van der Waals surface area contributed by atoms with Crippen LogP contribution in [0.15, 0.2) is 0 Å². The highest BCUT2D eigenvalue weighted by atomic mass is 14.7. The number of benzene rings is 1. The molecule has 2 nitrogen and oxygen atoms in total. The van der Waals surface area contributed by atoms with Crippen molar-refractivity contribution in [2.75, 3.05) is 11.5 Å². The Bertz CT molecular complexity index is 562. The number of anilines is 2. The van der Waals surface area contributed by atoms with Gasteiger partial charge in [-0.25, -0.2) is 0 Å². The van der Waals surface area contributed by atoms with Crippen molar-refractivity contribution >= 4 is 11.4 Å². The smallest absolute Gasteiger partial charge is 0.0402 e. The lowest BCUT2D eigenvalue weighted by Gasteiger charge is -2.29. The van der Waals surface area contributed by atoms with Crippen molar-refractivity contribution in [3.05, 3.63) is 22.3 Å². The molecule has 1 aromatic rings. The van der Waals surface area contributed by atoms with Crippen molar-refractivity contribution < 1.29 is 0 Å². The molecule has 0 atom stereocenters. The lowest BCUT2D eigenvalue weighted by atomic mass is 9.78. The predicted octanol–water partition coefficient (Wildman–Crippen LogP) is 5.67. The Morgan fingerprint density at radius 3 is 1.78 bits per heavy atom. The van der Waals surface area contributed by atoms with Crippen molar-refractivity contribution in [2.45, 2.75) is 90.4 Å². The lowest BCUT2D eigenvalue weighted by Crippen LogP contribution is -2.16. The van der Waals surface area contributed by atoms with Crippen LogP contribution in [-0.4, -0.2) is 0 Å². The molecule has 2 heteroatoms. The van der Waals surface area contributed by atoms with Crippen LogP contribution in [0.3, 0.4) is 0 Å². The molecular weight excluding hydrogens is 280 g/mol. The maximum atomic E-state index is 6.65. The highest BCUT2D eigenvalue weighted by Crippen LogP contribution is 2.49. The zero-order chi connectivity index (χ0) is 16.6. The predicted molar refractivity (Wildman–Crippen MR) is 101 cm³/mol. The Hall–Kier alpha value is -1.18. The molecule has 0 aromatic heterocycles. The van der Waals surface area contributed by atoms with Crippen molar-refractivity contribution in [3.8, 4) is 0 Å². The van der Waals surface area contributed by atoms with E-state index in [0.29, 0.717) is 17.8 Å². The van der Waals surface area contributed by atoms with Crippen LogP contribution in [0.1, 0.15) is 99.3 Å². The largest absolute Gasteiger partial charge is 0.398 e. The third-order valence-electron chi connectivity index (χ3n) is 6.18. The lowest BCUT2D eigenvalue weighted by molar-refractivity contribution is 0.616. The second-order valence-corrected chi connectivity index (χ2v) is 8.32. The highest BCUT2D eigenvalue weighted by molar-refractivity contribution is 5.73. The van der Waals surface area contributed by atoms with Gasteiger partial charge in [0.2, 0.25) is 0 Å². The average molecular weight is 315 g/mol. The number of nitrogens with two attached hydrogens (primary N) is 2. The van der Waals surface area contributed by atoms with Gasteiger partial charge in [-0.2, -0.15) is 0 Å². The zero-order valence-electron chi connectivity index (χ0n) is 15.3. The molecule has 0 spiro atoms. The highest BCUT2D eigenvalue weighted by Gasteiger charge is 2.31. The Kier molecular flexibility index (Phi) is 4.89. The van der Waals surface area contributed by atoms with Crippen LogP contribution in [0, 0.1) is 12.8 Å². The van der Waals surface area contributed by atoms with Crippen molar-refractivity contribution in [1.29, 1.82) is 0 Å². The van der Waals surface area contributed by atoms with E-state index in [0.717, 1.165) is 23.4 Å². The van der Waals surface area contributed by atoms with Crippen LogP contribution < -0.4 is 11.5 Å². The van der Waals surface area contributed by atoms with Crippen molar-refractivity contribution in [1.82, 2.24) is 0 Å². The minimum absolute atomic E-state index is 0.636. The quantitative estimate of drug-likeness (QED) is 0.703. The summed E-state index contributed by atoms with van der Waals surface area (Å²) in [6, 6.07) is 0. The van der Waals surface area contributed by atoms with E-state index in [9.17, 15) is 0 Å². The number of rotatable bonds is 4. The molecule has 2 saturated carbocycles. The molecular formula is C21H34N2. The molecule has 3 rings (SSSR count). The maximum absolute atomic E-state index is 6.65. The van der Waals surface area contributed by atoms with Gasteiger partial charge in [0.15, 0.2) is 0 Å². The van der Waals surface area contributed by atoms with Crippen LogP contribution in [0.25, 0.3) is 0 Å².